The Morgan fingerprint density at radius 2 is 2.23 bits per heavy atom. The molecule has 6 nitrogen and oxygen atoms in total. The van der Waals surface area contributed by atoms with E-state index in [1.54, 1.807) is 0 Å². The maximum absolute atomic E-state index is 5.51. The standard InChI is InChI=1S/C6H8N6S/c7-5(11-12-6(8)13)4-3-9-1-2-10-4/h1-3H,(H2,7,11)(H3,8,12,13). The Morgan fingerprint density at radius 3 is 2.77 bits per heavy atom. The van der Waals surface area contributed by atoms with Crippen LogP contribution in [-0.4, -0.2) is 20.9 Å². The molecule has 1 aromatic heterocycles. The van der Waals surface area contributed by atoms with Crippen LogP contribution < -0.4 is 16.9 Å². The van der Waals surface area contributed by atoms with E-state index in [9.17, 15) is 0 Å². The van der Waals surface area contributed by atoms with Gasteiger partial charge in [0.15, 0.2) is 10.9 Å². The predicted octanol–water partition coefficient (Wildman–Crippen LogP) is -1.07. The molecule has 68 valence electrons. The number of nitrogens with one attached hydrogen (secondary N) is 1. The Balaban J connectivity index is 2.73. The minimum Gasteiger partial charge on any atom is -0.380 e. The summed E-state index contributed by atoms with van der Waals surface area (Å²) in [6.07, 6.45) is 4.54. The molecule has 1 heterocycles. The number of aromatic nitrogens is 2. The number of hydrogen-bond acceptors (Lipinski definition) is 4. The topological polar surface area (TPSA) is 102 Å². The van der Waals surface area contributed by atoms with E-state index in [1.807, 2.05) is 0 Å². The van der Waals surface area contributed by atoms with Crippen LogP contribution >= 0.6 is 12.2 Å². The average molecular weight is 196 g/mol. The van der Waals surface area contributed by atoms with E-state index < -0.39 is 0 Å². The van der Waals surface area contributed by atoms with Crippen molar-refractivity contribution in [2.24, 2.45) is 16.6 Å². The molecule has 0 aromatic carbocycles. The Bertz CT molecular complexity index is 321. The molecule has 0 bridgehead atoms. The second kappa shape index (κ2) is 4.31. The summed E-state index contributed by atoms with van der Waals surface area (Å²) in [5.74, 6) is 0.181. The molecule has 0 saturated carbocycles. The summed E-state index contributed by atoms with van der Waals surface area (Å²) in [6, 6.07) is 0. The molecule has 0 aliphatic heterocycles. The van der Waals surface area contributed by atoms with Crippen LogP contribution in [0.15, 0.2) is 23.7 Å². The lowest BCUT2D eigenvalue weighted by molar-refractivity contribution is 1.02. The summed E-state index contributed by atoms with van der Waals surface area (Å²) in [4.78, 5) is 7.73. The molecule has 13 heavy (non-hydrogen) atoms. The maximum Gasteiger partial charge on any atom is 0.184 e. The van der Waals surface area contributed by atoms with Crippen molar-refractivity contribution in [3.05, 3.63) is 24.3 Å². The highest BCUT2D eigenvalue weighted by atomic mass is 32.1. The van der Waals surface area contributed by atoms with Crippen molar-refractivity contribution in [2.45, 2.75) is 0 Å². The van der Waals surface area contributed by atoms with E-state index in [0.717, 1.165) is 0 Å². The lowest BCUT2D eigenvalue weighted by Crippen LogP contribution is -2.28. The van der Waals surface area contributed by atoms with E-state index >= 15 is 0 Å². The van der Waals surface area contributed by atoms with E-state index in [2.05, 4.69) is 32.7 Å². The number of thiocarbonyl (C=S) groups is 1. The summed E-state index contributed by atoms with van der Waals surface area (Å²) in [5.41, 5.74) is 13.5. The molecule has 0 radical (unpaired) electrons. The zero-order valence-corrected chi connectivity index (χ0v) is 7.45. The van der Waals surface area contributed by atoms with Gasteiger partial charge in [0.25, 0.3) is 0 Å². The molecule has 0 saturated heterocycles. The van der Waals surface area contributed by atoms with Gasteiger partial charge in [0, 0.05) is 12.4 Å². The first-order valence-electron chi connectivity index (χ1n) is 3.35. The first kappa shape index (κ1) is 9.33. The minimum absolute atomic E-state index is 0.0480. The fraction of sp³-hybridized carbons (Fsp3) is 0. The van der Waals surface area contributed by atoms with Gasteiger partial charge in [-0.3, -0.25) is 10.4 Å². The van der Waals surface area contributed by atoms with Crippen LogP contribution in [0.5, 0.6) is 0 Å². The lowest BCUT2D eigenvalue weighted by Gasteiger charge is -1.98. The molecule has 0 aliphatic rings. The summed E-state index contributed by atoms with van der Waals surface area (Å²) >= 11 is 4.53. The summed E-state index contributed by atoms with van der Waals surface area (Å²) in [6.45, 7) is 0. The van der Waals surface area contributed by atoms with Gasteiger partial charge in [-0.1, -0.05) is 0 Å². The van der Waals surface area contributed by atoms with Gasteiger partial charge in [-0.05, 0) is 12.2 Å². The normalized spacial score (nSPS) is 10.9. The number of hydrogen-bond donors (Lipinski definition) is 3. The third-order valence-corrected chi connectivity index (χ3v) is 1.20. The number of hydrazone groups is 1. The van der Waals surface area contributed by atoms with Crippen molar-refractivity contribution < 1.29 is 0 Å². The molecule has 7 heteroatoms. The van der Waals surface area contributed by atoms with Crippen molar-refractivity contribution in [3.8, 4) is 0 Å². The second-order valence-corrected chi connectivity index (χ2v) is 2.50. The van der Waals surface area contributed by atoms with Crippen molar-refractivity contribution in [1.29, 1.82) is 0 Å². The van der Waals surface area contributed by atoms with Gasteiger partial charge in [-0.2, -0.15) is 5.10 Å². The second-order valence-electron chi connectivity index (χ2n) is 2.06. The molecule has 0 amide bonds. The first-order valence-corrected chi connectivity index (χ1v) is 3.76. The zero-order valence-electron chi connectivity index (χ0n) is 6.64. The van der Waals surface area contributed by atoms with Gasteiger partial charge < -0.3 is 11.5 Å². The SMILES string of the molecule is NC(=S)N/N=C(/N)c1cnccn1. The Hall–Kier alpha value is -1.76. The van der Waals surface area contributed by atoms with Gasteiger partial charge >= 0.3 is 0 Å². The lowest BCUT2D eigenvalue weighted by atomic mass is 10.4. The van der Waals surface area contributed by atoms with Crippen LogP contribution in [0.3, 0.4) is 0 Å². The molecule has 1 rings (SSSR count). The fourth-order valence-electron chi connectivity index (χ4n) is 0.604. The number of amidine groups is 1. The number of rotatable bonds is 2. The monoisotopic (exact) mass is 196 g/mol. The largest absolute Gasteiger partial charge is 0.380 e. The summed E-state index contributed by atoms with van der Waals surface area (Å²) < 4.78 is 0. The molecular formula is C6H8N6S. The average Bonchev–Trinajstić information content (AvgIpc) is 2.15. The summed E-state index contributed by atoms with van der Waals surface area (Å²) in [5, 5.41) is 3.72. The van der Waals surface area contributed by atoms with Crippen LogP contribution in [0.25, 0.3) is 0 Å². The third kappa shape index (κ3) is 2.99. The van der Waals surface area contributed by atoms with Crippen LogP contribution in [0.2, 0.25) is 0 Å². The van der Waals surface area contributed by atoms with Gasteiger partial charge in [0.1, 0.15) is 5.69 Å². The highest BCUT2D eigenvalue weighted by Crippen LogP contribution is 1.87. The van der Waals surface area contributed by atoms with E-state index in [1.165, 1.54) is 18.6 Å². The third-order valence-electron chi connectivity index (χ3n) is 1.11. The van der Waals surface area contributed by atoms with Gasteiger partial charge in [0.2, 0.25) is 0 Å². The zero-order chi connectivity index (χ0) is 9.68. The van der Waals surface area contributed by atoms with Gasteiger partial charge in [0.05, 0.1) is 6.20 Å². The number of nitrogens with zero attached hydrogens (tertiary/aromatic N) is 3. The van der Waals surface area contributed by atoms with E-state index in [0.29, 0.717) is 5.69 Å². The molecule has 5 N–H and O–H groups in total. The fourth-order valence-corrected chi connectivity index (χ4v) is 0.650. The van der Waals surface area contributed by atoms with Crippen LogP contribution in [0.1, 0.15) is 5.69 Å². The minimum atomic E-state index is 0.0480. The molecular weight excluding hydrogens is 188 g/mol. The van der Waals surface area contributed by atoms with Crippen molar-refractivity contribution >= 4 is 23.2 Å². The maximum atomic E-state index is 5.51. The highest BCUT2D eigenvalue weighted by Gasteiger charge is 1.98. The number of nitrogens with two attached hydrogens (primary N) is 2. The van der Waals surface area contributed by atoms with E-state index in [-0.39, 0.29) is 10.9 Å². The molecule has 0 fully saturated rings. The van der Waals surface area contributed by atoms with Crippen LogP contribution in [0, 0.1) is 0 Å². The Labute approximate surface area is 80.1 Å². The van der Waals surface area contributed by atoms with Crippen LogP contribution in [0.4, 0.5) is 0 Å². The van der Waals surface area contributed by atoms with Gasteiger partial charge in [-0.15, -0.1) is 0 Å². The first-order chi connectivity index (χ1) is 6.20. The quantitative estimate of drug-likeness (QED) is 0.241. The molecule has 1 aromatic rings. The summed E-state index contributed by atoms with van der Waals surface area (Å²) in [7, 11) is 0. The van der Waals surface area contributed by atoms with Crippen molar-refractivity contribution in [3.63, 3.8) is 0 Å². The van der Waals surface area contributed by atoms with Crippen molar-refractivity contribution in [2.75, 3.05) is 0 Å². The smallest absolute Gasteiger partial charge is 0.184 e. The van der Waals surface area contributed by atoms with E-state index in [4.69, 9.17) is 11.5 Å². The Kier molecular flexibility index (Phi) is 3.09. The highest BCUT2D eigenvalue weighted by molar-refractivity contribution is 7.80. The van der Waals surface area contributed by atoms with Crippen LogP contribution in [-0.2, 0) is 0 Å². The molecule has 0 unspecified atom stereocenters. The molecule has 0 aliphatic carbocycles. The molecule has 0 spiro atoms. The van der Waals surface area contributed by atoms with Gasteiger partial charge in [-0.25, -0.2) is 4.98 Å². The molecule has 0 atom stereocenters. The predicted molar refractivity (Wildman–Crippen MR) is 52.7 cm³/mol. The Morgan fingerprint density at radius 1 is 1.46 bits per heavy atom. The van der Waals surface area contributed by atoms with Crippen molar-refractivity contribution in [1.82, 2.24) is 15.4 Å².